The molecule has 0 amide bonds. The van der Waals surface area contributed by atoms with Crippen molar-refractivity contribution in [1.82, 2.24) is 0 Å². The highest BCUT2D eigenvalue weighted by molar-refractivity contribution is 5.77. The van der Waals surface area contributed by atoms with Crippen LogP contribution in [0.4, 0.5) is 0 Å². The molecule has 2 aliphatic rings. The Morgan fingerprint density at radius 1 is 1.42 bits per heavy atom. The second-order valence-electron chi connectivity index (χ2n) is 3.06. The standard InChI is InChI=1S/C10H10O2/c1-7-6-8-4-2-3-5-9(8)12-10(7)11/h2-7,9H,1H3. The van der Waals surface area contributed by atoms with Crippen LogP contribution >= 0.6 is 0 Å². The van der Waals surface area contributed by atoms with Gasteiger partial charge in [-0.25, -0.2) is 0 Å². The highest BCUT2D eigenvalue weighted by Crippen LogP contribution is 2.23. The lowest BCUT2D eigenvalue weighted by Crippen LogP contribution is -2.28. The quantitative estimate of drug-likeness (QED) is 0.506. The van der Waals surface area contributed by atoms with Crippen molar-refractivity contribution in [3.8, 4) is 0 Å². The molecule has 0 aromatic heterocycles. The number of fused-ring (bicyclic) bond motifs is 1. The Morgan fingerprint density at radius 2 is 2.25 bits per heavy atom. The predicted molar refractivity (Wildman–Crippen MR) is 45.4 cm³/mol. The first kappa shape index (κ1) is 7.35. The third-order valence-corrected chi connectivity index (χ3v) is 2.07. The molecule has 0 aromatic carbocycles. The van der Waals surface area contributed by atoms with E-state index in [4.69, 9.17) is 4.74 Å². The molecule has 0 saturated heterocycles. The summed E-state index contributed by atoms with van der Waals surface area (Å²) in [6.07, 6.45) is 9.53. The first-order chi connectivity index (χ1) is 5.77. The van der Waals surface area contributed by atoms with Gasteiger partial charge in [-0.3, -0.25) is 4.79 Å². The van der Waals surface area contributed by atoms with Crippen LogP contribution in [0.15, 0.2) is 36.0 Å². The second-order valence-corrected chi connectivity index (χ2v) is 3.06. The molecular formula is C10H10O2. The lowest BCUT2D eigenvalue weighted by molar-refractivity contribution is -0.149. The third-order valence-electron chi connectivity index (χ3n) is 2.07. The number of carbonyl (C=O) groups is 1. The van der Waals surface area contributed by atoms with Crippen molar-refractivity contribution in [3.63, 3.8) is 0 Å². The maximum atomic E-state index is 11.1. The van der Waals surface area contributed by atoms with Gasteiger partial charge < -0.3 is 4.74 Å². The fourth-order valence-corrected chi connectivity index (χ4v) is 1.38. The molecule has 1 aliphatic carbocycles. The van der Waals surface area contributed by atoms with Gasteiger partial charge in [-0.1, -0.05) is 24.3 Å². The van der Waals surface area contributed by atoms with E-state index in [1.165, 1.54) is 0 Å². The largest absolute Gasteiger partial charge is 0.453 e. The SMILES string of the molecule is CC1C=C2C=CC=CC2OC1=O. The van der Waals surface area contributed by atoms with E-state index >= 15 is 0 Å². The van der Waals surface area contributed by atoms with Crippen LogP contribution in [0.5, 0.6) is 0 Å². The molecule has 0 bridgehead atoms. The van der Waals surface area contributed by atoms with Crippen LogP contribution in [0.25, 0.3) is 0 Å². The molecule has 2 heteroatoms. The minimum Gasteiger partial charge on any atom is -0.453 e. The molecule has 0 spiro atoms. The number of allylic oxidation sites excluding steroid dienone is 2. The average Bonchev–Trinajstić information content (AvgIpc) is 2.07. The smallest absolute Gasteiger partial charge is 0.313 e. The summed E-state index contributed by atoms with van der Waals surface area (Å²) in [5.74, 6) is -0.240. The fraction of sp³-hybridized carbons (Fsp3) is 0.300. The molecule has 2 unspecified atom stereocenters. The van der Waals surface area contributed by atoms with E-state index < -0.39 is 0 Å². The number of ether oxygens (including phenoxy) is 1. The lowest BCUT2D eigenvalue weighted by Gasteiger charge is -2.24. The van der Waals surface area contributed by atoms with Gasteiger partial charge in [-0.05, 0) is 18.6 Å². The highest BCUT2D eigenvalue weighted by atomic mass is 16.5. The first-order valence-electron chi connectivity index (χ1n) is 4.04. The Kier molecular flexibility index (Phi) is 1.61. The number of esters is 1. The predicted octanol–water partition coefficient (Wildman–Crippen LogP) is 1.60. The molecular weight excluding hydrogens is 152 g/mol. The Labute approximate surface area is 71.2 Å². The number of hydrogen-bond acceptors (Lipinski definition) is 2. The fourth-order valence-electron chi connectivity index (χ4n) is 1.38. The zero-order valence-corrected chi connectivity index (χ0v) is 6.86. The summed E-state index contributed by atoms with van der Waals surface area (Å²) in [7, 11) is 0. The number of rotatable bonds is 0. The zero-order chi connectivity index (χ0) is 8.55. The first-order valence-corrected chi connectivity index (χ1v) is 4.04. The van der Waals surface area contributed by atoms with E-state index in [1.807, 2.05) is 37.3 Å². The lowest BCUT2D eigenvalue weighted by atomic mass is 9.97. The maximum Gasteiger partial charge on any atom is 0.313 e. The van der Waals surface area contributed by atoms with E-state index in [-0.39, 0.29) is 18.0 Å². The number of hydrogen-bond donors (Lipinski definition) is 0. The van der Waals surface area contributed by atoms with Crippen molar-refractivity contribution >= 4 is 5.97 Å². The number of carbonyl (C=O) groups excluding carboxylic acids is 1. The Morgan fingerprint density at radius 3 is 3.08 bits per heavy atom. The zero-order valence-electron chi connectivity index (χ0n) is 6.86. The van der Waals surface area contributed by atoms with E-state index in [0.717, 1.165) is 5.57 Å². The van der Waals surface area contributed by atoms with Gasteiger partial charge >= 0.3 is 5.97 Å². The molecule has 2 nitrogen and oxygen atoms in total. The second kappa shape index (κ2) is 2.63. The summed E-state index contributed by atoms with van der Waals surface area (Å²) >= 11 is 0. The van der Waals surface area contributed by atoms with Gasteiger partial charge in [0.05, 0.1) is 5.92 Å². The van der Waals surface area contributed by atoms with Crippen LogP contribution in [-0.2, 0) is 9.53 Å². The molecule has 2 rings (SSSR count). The van der Waals surface area contributed by atoms with Crippen molar-refractivity contribution in [1.29, 1.82) is 0 Å². The molecule has 0 fully saturated rings. The van der Waals surface area contributed by atoms with Crippen LogP contribution in [0.1, 0.15) is 6.92 Å². The summed E-state index contributed by atoms with van der Waals surface area (Å²) in [6.45, 7) is 1.84. The molecule has 0 aromatic rings. The molecule has 0 radical (unpaired) electrons. The maximum absolute atomic E-state index is 11.1. The summed E-state index contributed by atoms with van der Waals surface area (Å²) in [4.78, 5) is 11.1. The third kappa shape index (κ3) is 1.09. The van der Waals surface area contributed by atoms with Crippen molar-refractivity contribution in [2.24, 2.45) is 5.92 Å². The summed E-state index contributed by atoms with van der Waals surface area (Å²) in [5.41, 5.74) is 1.09. The summed E-state index contributed by atoms with van der Waals surface area (Å²) in [5, 5.41) is 0. The van der Waals surface area contributed by atoms with Gasteiger partial charge in [0, 0.05) is 0 Å². The van der Waals surface area contributed by atoms with Gasteiger partial charge in [0.2, 0.25) is 0 Å². The molecule has 0 saturated carbocycles. The van der Waals surface area contributed by atoms with E-state index in [9.17, 15) is 4.79 Å². The minimum absolute atomic E-state index is 0.104. The average molecular weight is 162 g/mol. The van der Waals surface area contributed by atoms with E-state index in [1.54, 1.807) is 0 Å². The van der Waals surface area contributed by atoms with E-state index in [0.29, 0.717) is 0 Å². The molecule has 2 atom stereocenters. The molecule has 12 heavy (non-hydrogen) atoms. The van der Waals surface area contributed by atoms with Gasteiger partial charge in [-0.2, -0.15) is 0 Å². The van der Waals surface area contributed by atoms with Crippen LogP contribution in [0.3, 0.4) is 0 Å². The van der Waals surface area contributed by atoms with Crippen LogP contribution in [0, 0.1) is 5.92 Å². The molecule has 1 heterocycles. The summed E-state index contributed by atoms with van der Waals surface area (Å²) < 4.78 is 5.16. The normalized spacial score (nSPS) is 32.4. The van der Waals surface area contributed by atoms with E-state index in [2.05, 4.69) is 0 Å². The van der Waals surface area contributed by atoms with Gasteiger partial charge in [0.25, 0.3) is 0 Å². The van der Waals surface area contributed by atoms with Crippen molar-refractivity contribution < 1.29 is 9.53 Å². The Balaban J connectivity index is 2.33. The van der Waals surface area contributed by atoms with Gasteiger partial charge in [-0.15, -0.1) is 0 Å². The minimum atomic E-state index is -0.140. The highest BCUT2D eigenvalue weighted by Gasteiger charge is 2.25. The molecule has 62 valence electrons. The van der Waals surface area contributed by atoms with Gasteiger partial charge in [0.1, 0.15) is 6.10 Å². The Bertz CT molecular complexity index is 297. The summed E-state index contributed by atoms with van der Waals surface area (Å²) in [6, 6.07) is 0. The Hall–Kier alpha value is -1.31. The van der Waals surface area contributed by atoms with Crippen molar-refractivity contribution in [3.05, 3.63) is 36.0 Å². The molecule has 1 aliphatic heterocycles. The van der Waals surface area contributed by atoms with Crippen molar-refractivity contribution in [2.45, 2.75) is 13.0 Å². The monoisotopic (exact) mass is 162 g/mol. The van der Waals surface area contributed by atoms with Crippen LogP contribution in [0.2, 0.25) is 0 Å². The van der Waals surface area contributed by atoms with Crippen LogP contribution in [-0.4, -0.2) is 12.1 Å². The van der Waals surface area contributed by atoms with Crippen molar-refractivity contribution in [2.75, 3.05) is 0 Å². The van der Waals surface area contributed by atoms with Gasteiger partial charge in [0.15, 0.2) is 0 Å². The molecule has 0 N–H and O–H groups in total. The van der Waals surface area contributed by atoms with Crippen LogP contribution < -0.4 is 0 Å². The topological polar surface area (TPSA) is 26.3 Å².